The molecule has 2 heterocycles. The van der Waals surface area contributed by atoms with Crippen LogP contribution in [0, 0.1) is 5.82 Å². The second-order valence-electron chi connectivity index (χ2n) is 6.51. The van der Waals surface area contributed by atoms with Gasteiger partial charge in [0.15, 0.2) is 5.82 Å². The van der Waals surface area contributed by atoms with Gasteiger partial charge in [0.25, 0.3) is 0 Å². The summed E-state index contributed by atoms with van der Waals surface area (Å²) in [6, 6.07) is 13.5. The van der Waals surface area contributed by atoms with Crippen LogP contribution in [0.5, 0.6) is 5.75 Å². The Morgan fingerprint density at radius 3 is 2.67 bits per heavy atom. The van der Waals surface area contributed by atoms with E-state index >= 15 is 0 Å². The van der Waals surface area contributed by atoms with Crippen molar-refractivity contribution >= 4 is 22.6 Å². The van der Waals surface area contributed by atoms with Gasteiger partial charge in [0, 0.05) is 28.9 Å². The number of hydrogen-bond acceptors (Lipinski definition) is 6. The van der Waals surface area contributed by atoms with E-state index < -0.39 is 5.91 Å². The normalized spacial score (nSPS) is 10.7. The number of pyridine rings is 1. The zero-order chi connectivity index (χ0) is 21.1. The Hall–Kier alpha value is -4.07. The molecule has 0 saturated carbocycles. The topological polar surface area (TPSA) is 103 Å². The molecule has 0 unspecified atom stereocenters. The van der Waals surface area contributed by atoms with Gasteiger partial charge in [-0.15, -0.1) is 0 Å². The van der Waals surface area contributed by atoms with Gasteiger partial charge in [0.1, 0.15) is 22.9 Å². The molecule has 0 spiro atoms. The maximum Gasteiger partial charge on any atom is 0.236 e. The number of methoxy groups -OCH3 is 1. The number of rotatable bonds is 6. The van der Waals surface area contributed by atoms with E-state index in [0.29, 0.717) is 45.0 Å². The molecule has 0 aliphatic rings. The second kappa shape index (κ2) is 8.12. The number of halogens is 1. The second-order valence-corrected chi connectivity index (χ2v) is 6.51. The van der Waals surface area contributed by atoms with E-state index in [4.69, 9.17) is 10.5 Å². The van der Waals surface area contributed by atoms with Gasteiger partial charge in [-0.25, -0.2) is 14.4 Å². The number of nitrogens with zero attached hydrogens (tertiary/aromatic N) is 3. The number of anilines is 1. The number of fused-ring (bicyclic) bond motifs is 1. The number of primary amides is 1. The Labute approximate surface area is 171 Å². The fourth-order valence-electron chi connectivity index (χ4n) is 3.14. The van der Waals surface area contributed by atoms with Gasteiger partial charge in [0.05, 0.1) is 13.7 Å². The minimum Gasteiger partial charge on any atom is -0.494 e. The van der Waals surface area contributed by atoms with E-state index in [9.17, 15) is 9.18 Å². The lowest BCUT2D eigenvalue weighted by atomic mass is 10.0. The van der Waals surface area contributed by atoms with E-state index in [1.54, 1.807) is 48.8 Å². The van der Waals surface area contributed by atoms with E-state index in [1.807, 2.05) is 6.07 Å². The average Bonchev–Trinajstić information content (AvgIpc) is 2.77. The van der Waals surface area contributed by atoms with Crippen LogP contribution in [0.4, 0.5) is 10.2 Å². The molecule has 0 atom stereocenters. The van der Waals surface area contributed by atoms with Crippen LogP contribution in [-0.2, 0) is 4.79 Å². The molecule has 0 aliphatic carbocycles. The first-order valence-corrected chi connectivity index (χ1v) is 9.14. The first kappa shape index (κ1) is 19.3. The number of nitrogens with one attached hydrogen (secondary N) is 1. The Morgan fingerprint density at radius 1 is 1.13 bits per heavy atom. The Kier molecular flexibility index (Phi) is 5.21. The summed E-state index contributed by atoms with van der Waals surface area (Å²) in [4.78, 5) is 24.6. The number of hydrogen-bond donors (Lipinski definition) is 2. The van der Waals surface area contributed by atoms with E-state index in [-0.39, 0.29) is 12.4 Å². The highest BCUT2D eigenvalue weighted by Crippen LogP contribution is 2.36. The highest BCUT2D eigenvalue weighted by atomic mass is 19.1. The zero-order valence-corrected chi connectivity index (χ0v) is 16.1. The van der Waals surface area contributed by atoms with Crippen LogP contribution >= 0.6 is 0 Å². The number of carbonyl (C=O) groups excluding carboxylic acids is 1. The summed E-state index contributed by atoms with van der Waals surface area (Å²) in [5, 5.41) is 3.52. The first-order valence-electron chi connectivity index (χ1n) is 9.14. The standard InChI is InChI=1S/C22H18FN5O2/c1-30-18-10-14(15-6-2-3-7-17(15)23)9-16-20(18)27-21(13-5-4-8-25-11-13)28-22(16)26-12-19(24)29/h2-11H,12H2,1H3,(H2,24,29)(H,26,27,28). The maximum absolute atomic E-state index is 14.4. The van der Waals surface area contributed by atoms with Crippen LogP contribution in [0.3, 0.4) is 0 Å². The lowest BCUT2D eigenvalue weighted by Crippen LogP contribution is -2.22. The van der Waals surface area contributed by atoms with Crippen LogP contribution in [0.25, 0.3) is 33.4 Å². The van der Waals surface area contributed by atoms with Crippen molar-refractivity contribution in [2.45, 2.75) is 0 Å². The van der Waals surface area contributed by atoms with Gasteiger partial charge in [-0.1, -0.05) is 18.2 Å². The summed E-state index contributed by atoms with van der Waals surface area (Å²) in [5.74, 6) is 0.328. The molecule has 2 aromatic heterocycles. The van der Waals surface area contributed by atoms with Crippen LogP contribution in [0.2, 0.25) is 0 Å². The predicted octanol–water partition coefficient (Wildman–Crippen LogP) is 3.40. The molecule has 0 fully saturated rings. The van der Waals surface area contributed by atoms with Crippen molar-refractivity contribution in [2.75, 3.05) is 19.0 Å². The number of carbonyl (C=O) groups is 1. The quantitative estimate of drug-likeness (QED) is 0.511. The molecule has 0 aliphatic heterocycles. The van der Waals surface area contributed by atoms with Crippen molar-refractivity contribution < 1.29 is 13.9 Å². The zero-order valence-electron chi connectivity index (χ0n) is 16.1. The Morgan fingerprint density at radius 2 is 1.97 bits per heavy atom. The highest BCUT2D eigenvalue weighted by molar-refractivity contribution is 5.98. The minimum absolute atomic E-state index is 0.120. The molecule has 0 saturated heterocycles. The summed E-state index contributed by atoms with van der Waals surface area (Å²) in [7, 11) is 1.52. The molecule has 0 radical (unpaired) electrons. The molecule has 8 heteroatoms. The van der Waals surface area contributed by atoms with Gasteiger partial charge in [-0.3, -0.25) is 9.78 Å². The summed E-state index contributed by atoms with van der Waals surface area (Å²) in [6.45, 7) is -0.120. The molecule has 1 amide bonds. The molecule has 4 rings (SSSR count). The average molecular weight is 403 g/mol. The van der Waals surface area contributed by atoms with Gasteiger partial charge in [-0.2, -0.15) is 0 Å². The van der Waals surface area contributed by atoms with Crippen molar-refractivity contribution in [3.63, 3.8) is 0 Å². The molecular weight excluding hydrogens is 385 g/mol. The summed E-state index contributed by atoms with van der Waals surface area (Å²) in [6.07, 6.45) is 3.29. The molecule has 150 valence electrons. The van der Waals surface area contributed by atoms with Crippen molar-refractivity contribution in [1.82, 2.24) is 15.0 Å². The van der Waals surface area contributed by atoms with E-state index in [1.165, 1.54) is 13.2 Å². The van der Waals surface area contributed by atoms with Crippen molar-refractivity contribution in [1.29, 1.82) is 0 Å². The largest absolute Gasteiger partial charge is 0.494 e. The number of aromatic nitrogens is 3. The molecule has 7 nitrogen and oxygen atoms in total. The number of ether oxygens (including phenoxy) is 1. The molecule has 0 bridgehead atoms. The number of benzene rings is 2. The minimum atomic E-state index is -0.540. The van der Waals surface area contributed by atoms with Crippen molar-refractivity contribution in [3.8, 4) is 28.3 Å². The van der Waals surface area contributed by atoms with Crippen LogP contribution < -0.4 is 15.8 Å². The van der Waals surface area contributed by atoms with Crippen LogP contribution in [0.15, 0.2) is 60.9 Å². The monoisotopic (exact) mass is 403 g/mol. The number of amides is 1. The summed E-state index contributed by atoms with van der Waals surface area (Å²) in [5.41, 5.74) is 7.52. The first-order chi connectivity index (χ1) is 14.6. The van der Waals surface area contributed by atoms with Crippen LogP contribution in [0.1, 0.15) is 0 Å². The van der Waals surface area contributed by atoms with Gasteiger partial charge >= 0.3 is 0 Å². The number of nitrogens with two attached hydrogens (primary N) is 1. The predicted molar refractivity (Wildman–Crippen MR) is 112 cm³/mol. The molecule has 30 heavy (non-hydrogen) atoms. The lowest BCUT2D eigenvalue weighted by molar-refractivity contribution is -0.116. The summed E-state index contributed by atoms with van der Waals surface area (Å²) < 4.78 is 19.9. The molecule has 3 N–H and O–H groups in total. The fourth-order valence-corrected chi connectivity index (χ4v) is 3.14. The van der Waals surface area contributed by atoms with Gasteiger partial charge < -0.3 is 15.8 Å². The molecule has 2 aromatic carbocycles. The van der Waals surface area contributed by atoms with Crippen molar-refractivity contribution in [2.24, 2.45) is 5.73 Å². The fraction of sp³-hybridized carbons (Fsp3) is 0.0909. The van der Waals surface area contributed by atoms with E-state index in [0.717, 1.165) is 0 Å². The van der Waals surface area contributed by atoms with E-state index in [2.05, 4.69) is 20.3 Å². The highest BCUT2D eigenvalue weighted by Gasteiger charge is 2.17. The third kappa shape index (κ3) is 3.75. The smallest absolute Gasteiger partial charge is 0.236 e. The Bertz CT molecular complexity index is 1230. The lowest BCUT2D eigenvalue weighted by Gasteiger charge is -2.14. The SMILES string of the molecule is COc1cc(-c2ccccc2F)cc2c(NCC(N)=O)nc(-c3cccnc3)nc12. The van der Waals surface area contributed by atoms with Gasteiger partial charge in [-0.05, 0) is 35.9 Å². The third-order valence-electron chi connectivity index (χ3n) is 4.52. The van der Waals surface area contributed by atoms with Gasteiger partial charge in [0.2, 0.25) is 5.91 Å². The molecule has 4 aromatic rings. The molecular formula is C22H18FN5O2. The summed E-state index contributed by atoms with van der Waals surface area (Å²) >= 11 is 0. The van der Waals surface area contributed by atoms with Crippen molar-refractivity contribution in [3.05, 3.63) is 66.7 Å². The van der Waals surface area contributed by atoms with Crippen LogP contribution in [-0.4, -0.2) is 34.5 Å². The third-order valence-corrected chi connectivity index (χ3v) is 4.52. The Balaban J connectivity index is 1.98. The maximum atomic E-state index is 14.4.